The van der Waals surface area contributed by atoms with Gasteiger partial charge >= 0.3 is 6.18 Å². The van der Waals surface area contributed by atoms with E-state index in [1.54, 1.807) is 0 Å². The Morgan fingerprint density at radius 1 is 1.29 bits per heavy atom. The van der Waals surface area contributed by atoms with Gasteiger partial charge in [-0.1, -0.05) is 30.2 Å². The van der Waals surface area contributed by atoms with E-state index in [1.165, 1.54) is 12.2 Å². The van der Waals surface area contributed by atoms with Crippen molar-refractivity contribution in [3.8, 4) is 0 Å². The Bertz CT molecular complexity index is 279. The molecule has 0 aromatic rings. The summed E-state index contributed by atoms with van der Waals surface area (Å²) >= 11 is 0.970. The second-order valence-corrected chi connectivity index (χ2v) is 3.24. The van der Waals surface area contributed by atoms with Crippen LogP contribution in [0.1, 0.15) is 6.42 Å². The van der Waals surface area contributed by atoms with Gasteiger partial charge in [-0.2, -0.15) is 13.2 Å². The predicted molar refractivity (Wildman–Crippen MR) is 52.8 cm³/mol. The van der Waals surface area contributed by atoms with Gasteiger partial charge < -0.3 is 6.15 Å². The number of allylic oxidation sites excluding steroid dienone is 6. The van der Waals surface area contributed by atoms with Crippen molar-refractivity contribution in [1.29, 1.82) is 0 Å². The molecule has 0 radical (unpaired) electrons. The standard InChI is InChI=1S/C8H8F3NS.H3N/c9-8(10,11)6-2-1-3-7(13-12)5-4-6;/h1-2,4-5H,3,12H2;1H3. The van der Waals surface area contributed by atoms with Crippen LogP contribution in [0.15, 0.2) is 34.8 Å². The molecule has 6 heteroatoms. The highest BCUT2D eigenvalue weighted by atomic mass is 32.2. The highest BCUT2D eigenvalue weighted by molar-refractivity contribution is 8.00. The number of rotatable bonds is 1. The van der Waals surface area contributed by atoms with Gasteiger partial charge in [0.1, 0.15) is 0 Å². The summed E-state index contributed by atoms with van der Waals surface area (Å²) in [5, 5.41) is 5.23. The summed E-state index contributed by atoms with van der Waals surface area (Å²) in [6.45, 7) is 0. The lowest BCUT2D eigenvalue weighted by molar-refractivity contribution is -0.0881. The Kier molecular flexibility index (Phi) is 4.96. The quantitative estimate of drug-likeness (QED) is 0.673. The molecule has 0 saturated heterocycles. The van der Waals surface area contributed by atoms with E-state index in [2.05, 4.69) is 0 Å². The smallest absolute Gasteiger partial charge is 0.344 e. The van der Waals surface area contributed by atoms with Crippen LogP contribution in [-0.4, -0.2) is 6.18 Å². The Balaban J connectivity index is 0.00000169. The summed E-state index contributed by atoms with van der Waals surface area (Å²) in [5.41, 5.74) is -0.642. The predicted octanol–water partition coefficient (Wildman–Crippen LogP) is 3.09. The second-order valence-electron chi connectivity index (χ2n) is 2.48. The van der Waals surface area contributed by atoms with Crippen molar-refractivity contribution in [3.63, 3.8) is 0 Å². The Labute approximate surface area is 84.4 Å². The zero-order chi connectivity index (χ0) is 9.90. The zero-order valence-electron chi connectivity index (χ0n) is 7.34. The third-order valence-electron chi connectivity index (χ3n) is 1.54. The van der Waals surface area contributed by atoms with Crippen LogP contribution in [-0.2, 0) is 0 Å². The van der Waals surface area contributed by atoms with E-state index >= 15 is 0 Å². The lowest BCUT2D eigenvalue weighted by Crippen LogP contribution is -2.09. The molecule has 80 valence electrons. The lowest BCUT2D eigenvalue weighted by Gasteiger charge is -2.04. The molecule has 0 amide bonds. The first-order valence-electron chi connectivity index (χ1n) is 3.55. The topological polar surface area (TPSA) is 61.0 Å². The fourth-order valence-corrected chi connectivity index (χ4v) is 1.22. The molecule has 0 heterocycles. The van der Waals surface area contributed by atoms with E-state index in [-0.39, 0.29) is 6.15 Å². The van der Waals surface area contributed by atoms with Crippen LogP contribution in [0.3, 0.4) is 0 Å². The summed E-state index contributed by atoms with van der Waals surface area (Å²) in [4.78, 5) is 0.718. The van der Waals surface area contributed by atoms with Crippen LogP contribution in [0.5, 0.6) is 0 Å². The van der Waals surface area contributed by atoms with Crippen LogP contribution >= 0.6 is 11.9 Å². The van der Waals surface area contributed by atoms with Crippen LogP contribution in [0.4, 0.5) is 13.2 Å². The molecule has 2 nitrogen and oxygen atoms in total. The van der Waals surface area contributed by atoms with E-state index in [1.807, 2.05) is 0 Å². The highest BCUT2D eigenvalue weighted by Crippen LogP contribution is 2.29. The van der Waals surface area contributed by atoms with Crippen molar-refractivity contribution in [2.45, 2.75) is 12.6 Å². The molecule has 0 unspecified atom stereocenters. The van der Waals surface area contributed by atoms with E-state index in [4.69, 9.17) is 5.14 Å². The molecule has 0 fully saturated rings. The molecular weight excluding hydrogens is 213 g/mol. The normalized spacial score (nSPS) is 16.6. The molecule has 0 aliphatic heterocycles. The zero-order valence-corrected chi connectivity index (χ0v) is 8.16. The maximum absolute atomic E-state index is 12.2. The molecule has 5 N–H and O–H groups in total. The van der Waals surface area contributed by atoms with Gasteiger partial charge in [-0.25, -0.2) is 0 Å². The van der Waals surface area contributed by atoms with Crippen LogP contribution < -0.4 is 11.3 Å². The molecule has 1 aliphatic rings. The van der Waals surface area contributed by atoms with Crippen molar-refractivity contribution in [3.05, 3.63) is 34.8 Å². The minimum absolute atomic E-state index is 0. The maximum Gasteiger partial charge on any atom is 0.416 e. The molecule has 0 saturated carbocycles. The Morgan fingerprint density at radius 2 is 1.93 bits per heavy atom. The number of hydrogen-bond acceptors (Lipinski definition) is 3. The van der Waals surface area contributed by atoms with Gasteiger partial charge in [-0.3, -0.25) is 5.14 Å². The molecule has 0 bridgehead atoms. The molecule has 1 rings (SSSR count). The van der Waals surface area contributed by atoms with E-state index in [0.717, 1.165) is 29.0 Å². The lowest BCUT2D eigenvalue weighted by atomic mass is 10.2. The summed E-state index contributed by atoms with van der Waals surface area (Å²) in [7, 11) is 0. The van der Waals surface area contributed by atoms with E-state index < -0.39 is 11.7 Å². The number of nitrogens with two attached hydrogens (primary N) is 1. The van der Waals surface area contributed by atoms with Gasteiger partial charge in [-0.15, -0.1) is 0 Å². The van der Waals surface area contributed by atoms with Crippen LogP contribution in [0, 0.1) is 0 Å². The van der Waals surface area contributed by atoms with E-state index in [9.17, 15) is 13.2 Å². The van der Waals surface area contributed by atoms with Gasteiger partial charge in [0.2, 0.25) is 0 Å². The highest BCUT2D eigenvalue weighted by Gasteiger charge is 2.31. The second kappa shape index (κ2) is 5.23. The van der Waals surface area contributed by atoms with Gasteiger partial charge in [0.25, 0.3) is 0 Å². The first-order chi connectivity index (χ1) is 6.04. The number of hydrogen-bond donors (Lipinski definition) is 2. The number of halogens is 3. The van der Waals surface area contributed by atoms with Crippen LogP contribution in [0.25, 0.3) is 0 Å². The summed E-state index contributed by atoms with van der Waals surface area (Å²) in [5.74, 6) is 0. The molecule has 0 aromatic heterocycles. The molecule has 0 spiro atoms. The monoisotopic (exact) mass is 224 g/mol. The summed E-state index contributed by atoms with van der Waals surface area (Å²) < 4.78 is 36.5. The van der Waals surface area contributed by atoms with Crippen molar-refractivity contribution in [2.24, 2.45) is 5.14 Å². The molecule has 0 atom stereocenters. The van der Waals surface area contributed by atoms with Crippen LogP contribution in [0.2, 0.25) is 0 Å². The largest absolute Gasteiger partial charge is 0.416 e. The third kappa shape index (κ3) is 3.57. The molecule has 0 aromatic carbocycles. The maximum atomic E-state index is 12.2. The SMILES string of the molecule is N.NSC1=CC=C(C(F)(F)F)C=CC1. The average Bonchev–Trinajstić information content (AvgIpc) is 2.26. The Hall–Kier alpha value is -0.720. The fourth-order valence-electron chi connectivity index (χ4n) is 0.885. The van der Waals surface area contributed by atoms with Gasteiger partial charge in [0.05, 0.1) is 5.57 Å². The van der Waals surface area contributed by atoms with Gasteiger partial charge in [0, 0.05) is 4.91 Å². The van der Waals surface area contributed by atoms with Crippen molar-refractivity contribution in [1.82, 2.24) is 6.15 Å². The molecular formula is C8H11F3N2S. The third-order valence-corrected chi connectivity index (χ3v) is 2.15. The van der Waals surface area contributed by atoms with Crippen molar-refractivity contribution < 1.29 is 13.2 Å². The molecule has 1 aliphatic carbocycles. The van der Waals surface area contributed by atoms with Crippen molar-refractivity contribution in [2.75, 3.05) is 0 Å². The minimum Gasteiger partial charge on any atom is -0.344 e. The first kappa shape index (κ1) is 13.3. The number of alkyl halides is 3. The Morgan fingerprint density at radius 3 is 2.43 bits per heavy atom. The first-order valence-corrected chi connectivity index (χ1v) is 4.43. The van der Waals surface area contributed by atoms with Gasteiger partial charge in [-0.05, 0) is 12.5 Å². The molecule has 14 heavy (non-hydrogen) atoms. The summed E-state index contributed by atoms with van der Waals surface area (Å²) in [6, 6.07) is 0. The van der Waals surface area contributed by atoms with E-state index in [0.29, 0.717) is 6.42 Å². The van der Waals surface area contributed by atoms with Crippen molar-refractivity contribution >= 4 is 11.9 Å². The fraction of sp³-hybridized carbons (Fsp3) is 0.250. The average molecular weight is 224 g/mol. The summed E-state index contributed by atoms with van der Waals surface area (Å²) in [6.07, 6.45) is 1.14. The van der Waals surface area contributed by atoms with Gasteiger partial charge in [0.15, 0.2) is 0 Å². The minimum atomic E-state index is -4.28.